The number of carbonyl (C=O) groups excluding carboxylic acids is 3. The van der Waals surface area contributed by atoms with E-state index in [4.69, 9.17) is 21.9 Å². The van der Waals surface area contributed by atoms with Gasteiger partial charge in [0.2, 0.25) is 11.8 Å². The third kappa shape index (κ3) is 10.2. The van der Waals surface area contributed by atoms with Gasteiger partial charge in [0.25, 0.3) is 0 Å². The quantitative estimate of drug-likeness (QED) is 0.212. The number of alkyl halides is 3. The molecule has 0 saturated heterocycles. The Morgan fingerprint density at radius 2 is 1.63 bits per heavy atom. The van der Waals surface area contributed by atoms with Crippen LogP contribution < -0.4 is 28.0 Å². The van der Waals surface area contributed by atoms with E-state index in [1.165, 1.54) is 17.0 Å². The first-order valence-corrected chi connectivity index (χ1v) is 14.6. The van der Waals surface area contributed by atoms with Crippen LogP contribution in [0.1, 0.15) is 47.9 Å². The lowest BCUT2D eigenvalue weighted by Crippen LogP contribution is -2.49. The SMILES string of the molecule is CB1OCc2cc(CCC(=O)[C@@H](CCc3ccc(C(F)(F)F)cc3)NC(=O)[C@@H](N)CCC(=O)N(CCN)CCN)ccc21. The molecule has 7 N–H and O–H groups in total. The molecule has 9 nitrogen and oxygen atoms in total. The van der Waals surface area contributed by atoms with Gasteiger partial charge in [0.05, 0.1) is 24.3 Å². The first-order chi connectivity index (χ1) is 20.4. The molecule has 0 bridgehead atoms. The van der Waals surface area contributed by atoms with Crippen molar-refractivity contribution in [3.63, 3.8) is 0 Å². The van der Waals surface area contributed by atoms with Gasteiger partial charge in [0, 0.05) is 39.0 Å². The van der Waals surface area contributed by atoms with Crippen LogP contribution in [0.15, 0.2) is 42.5 Å². The average molecular weight is 603 g/mol. The molecular weight excluding hydrogens is 562 g/mol. The molecule has 2 aromatic carbocycles. The van der Waals surface area contributed by atoms with Crippen molar-refractivity contribution in [1.29, 1.82) is 0 Å². The van der Waals surface area contributed by atoms with Gasteiger partial charge >= 0.3 is 13.1 Å². The predicted octanol–water partition coefficient (Wildman–Crippen LogP) is 1.54. The van der Waals surface area contributed by atoms with Crippen LogP contribution in [0, 0.1) is 0 Å². The van der Waals surface area contributed by atoms with Crippen LogP contribution in [0.5, 0.6) is 0 Å². The summed E-state index contributed by atoms with van der Waals surface area (Å²) in [6.07, 6.45) is -3.33. The number of carbonyl (C=O) groups is 3. The van der Waals surface area contributed by atoms with Gasteiger partial charge in [0.15, 0.2) is 5.78 Å². The Morgan fingerprint density at radius 3 is 2.26 bits per heavy atom. The average Bonchev–Trinajstić information content (AvgIpc) is 3.35. The minimum absolute atomic E-state index is 0.0133. The number of halogens is 3. The van der Waals surface area contributed by atoms with Crippen molar-refractivity contribution in [1.82, 2.24) is 10.2 Å². The molecule has 0 aromatic heterocycles. The summed E-state index contributed by atoms with van der Waals surface area (Å²) in [6, 6.07) is 8.76. The summed E-state index contributed by atoms with van der Waals surface area (Å²) in [4.78, 5) is 40.4. The van der Waals surface area contributed by atoms with Crippen LogP contribution in [0.2, 0.25) is 6.82 Å². The van der Waals surface area contributed by atoms with Crippen molar-refractivity contribution in [2.24, 2.45) is 17.2 Å². The zero-order chi connectivity index (χ0) is 31.6. The van der Waals surface area contributed by atoms with E-state index in [1.54, 1.807) is 0 Å². The molecule has 3 rings (SSSR count). The lowest BCUT2D eigenvalue weighted by Gasteiger charge is -2.23. The lowest BCUT2D eigenvalue weighted by atomic mass is 9.64. The van der Waals surface area contributed by atoms with Crippen molar-refractivity contribution in [3.05, 3.63) is 64.7 Å². The maximum Gasteiger partial charge on any atom is 0.416 e. The third-order valence-electron chi connectivity index (χ3n) is 7.66. The van der Waals surface area contributed by atoms with Gasteiger partial charge in [-0.05, 0) is 60.0 Å². The molecular formula is C30H41BF3N5O4. The summed E-state index contributed by atoms with van der Waals surface area (Å²) in [5.74, 6) is -1.01. The van der Waals surface area contributed by atoms with Gasteiger partial charge in [-0.25, -0.2) is 0 Å². The number of Topliss-reactive ketones (excluding diaryl/α,β-unsaturated/α-hetero) is 1. The molecule has 2 atom stereocenters. The fourth-order valence-electron chi connectivity index (χ4n) is 5.09. The van der Waals surface area contributed by atoms with Gasteiger partial charge in [-0.2, -0.15) is 13.2 Å². The standard InChI is InChI=1S/C30H41BF3N5O4/c1-31-24-9-4-21(18-22(24)19-43-31)6-12-27(40)26(11-5-20-2-7-23(8-3-20)30(32,33)34)38-29(42)25(37)10-13-28(41)39(16-14-35)17-15-36/h2-4,7-9,18,25-26H,5-6,10-17,19,35-37H2,1H3,(H,38,42)/t25-,26+/m0/s1. The molecule has 0 spiro atoms. The minimum Gasteiger partial charge on any atom is -0.427 e. The first-order valence-electron chi connectivity index (χ1n) is 14.6. The normalized spacial score (nSPS) is 14.3. The summed E-state index contributed by atoms with van der Waals surface area (Å²) >= 11 is 0. The van der Waals surface area contributed by atoms with Crippen LogP contribution in [0.25, 0.3) is 0 Å². The van der Waals surface area contributed by atoms with Crippen molar-refractivity contribution in [2.75, 3.05) is 26.2 Å². The van der Waals surface area contributed by atoms with E-state index >= 15 is 0 Å². The van der Waals surface area contributed by atoms with Crippen molar-refractivity contribution in [2.45, 2.75) is 70.2 Å². The summed E-state index contributed by atoms with van der Waals surface area (Å²) in [5.41, 5.74) is 20.2. The molecule has 0 radical (unpaired) electrons. The third-order valence-corrected chi connectivity index (χ3v) is 7.66. The zero-order valence-electron chi connectivity index (χ0n) is 24.5. The molecule has 2 amide bonds. The fraction of sp³-hybridized carbons (Fsp3) is 0.500. The molecule has 1 aliphatic heterocycles. The van der Waals surface area contributed by atoms with Crippen molar-refractivity contribution < 1.29 is 32.2 Å². The number of hydrogen-bond donors (Lipinski definition) is 4. The first kappa shape index (κ1) is 34.2. The Balaban J connectivity index is 1.64. The largest absolute Gasteiger partial charge is 0.427 e. The highest BCUT2D eigenvalue weighted by Gasteiger charge is 2.30. The molecule has 0 saturated carbocycles. The predicted molar refractivity (Wildman–Crippen MR) is 159 cm³/mol. The molecule has 0 aliphatic carbocycles. The molecule has 43 heavy (non-hydrogen) atoms. The second-order valence-electron chi connectivity index (χ2n) is 10.9. The number of aryl methyl sites for hydroxylation is 2. The van der Waals surface area contributed by atoms with Crippen molar-refractivity contribution >= 4 is 30.0 Å². The second-order valence-corrected chi connectivity index (χ2v) is 10.9. The van der Waals surface area contributed by atoms with Gasteiger partial charge in [-0.15, -0.1) is 0 Å². The molecule has 13 heteroatoms. The number of ketones is 1. The summed E-state index contributed by atoms with van der Waals surface area (Å²) in [6.45, 7) is 3.76. The molecule has 0 unspecified atom stereocenters. The molecule has 2 aromatic rings. The number of nitrogens with two attached hydrogens (primary N) is 3. The number of hydrogen-bond acceptors (Lipinski definition) is 7. The number of benzene rings is 2. The van der Waals surface area contributed by atoms with Gasteiger partial charge < -0.3 is 32.1 Å². The van der Waals surface area contributed by atoms with Crippen LogP contribution in [-0.2, 0) is 44.7 Å². The summed E-state index contributed by atoms with van der Waals surface area (Å²) in [5, 5.41) is 2.73. The van der Waals surface area contributed by atoms with Gasteiger partial charge in [-0.1, -0.05) is 37.2 Å². The van der Waals surface area contributed by atoms with Crippen LogP contribution in [-0.4, -0.2) is 67.7 Å². The fourth-order valence-corrected chi connectivity index (χ4v) is 5.09. The summed E-state index contributed by atoms with van der Waals surface area (Å²) in [7, 11) is 0. The zero-order valence-corrected chi connectivity index (χ0v) is 24.5. The van der Waals surface area contributed by atoms with E-state index in [0.717, 1.165) is 28.7 Å². The highest BCUT2D eigenvalue weighted by Crippen LogP contribution is 2.29. The maximum absolute atomic E-state index is 13.4. The van der Waals surface area contributed by atoms with E-state index in [0.29, 0.717) is 31.7 Å². The van der Waals surface area contributed by atoms with Crippen LogP contribution >= 0.6 is 0 Å². The number of amides is 2. The molecule has 234 valence electrons. The number of rotatable bonds is 16. The monoisotopic (exact) mass is 603 g/mol. The Labute approximate surface area is 250 Å². The minimum atomic E-state index is -4.45. The number of nitrogens with one attached hydrogen (secondary N) is 1. The highest BCUT2D eigenvalue weighted by atomic mass is 19.4. The molecule has 0 fully saturated rings. The van der Waals surface area contributed by atoms with E-state index in [-0.39, 0.29) is 63.8 Å². The van der Waals surface area contributed by atoms with E-state index < -0.39 is 29.7 Å². The maximum atomic E-state index is 13.4. The van der Waals surface area contributed by atoms with Crippen LogP contribution in [0.4, 0.5) is 13.2 Å². The van der Waals surface area contributed by atoms with E-state index in [1.807, 2.05) is 25.0 Å². The topological polar surface area (TPSA) is 154 Å². The van der Waals surface area contributed by atoms with E-state index in [9.17, 15) is 27.6 Å². The Bertz CT molecular complexity index is 1240. The van der Waals surface area contributed by atoms with E-state index in [2.05, 4.69) is 5.32 Å². The lowest BCUT2D eigenvalue weighted by molar-refractivity contribution is -0.137. The Kier molecular flexibility index (Phi) is 12.7. The van der Waals surface area contributed by atoms with Gasteiger partial charge in [0.1, 0.15) is 0 Å². The number of nitrogens with zero attached hydrogens (tertiary/aromatic N) is 1. The highest BCUT2D eigenvalue weighted by molar-refractivity contribution is 6.67. The molecule has 1 aliphatic rings. The van der Waals surface area contributed by atoms with Crippen LogP contribution in [0.3, 0.4) is 0 Å². The smallest absolute Gasteiger partial charge is 0.416 e. The summed E-state index contributed by atoms with van der Waals surface area (Å²) < 4.78 is 44.5. The van der Waals surface area contributed by atoms with Crippen molar-refractivity contribution in [3.8, 4) is 0 Å². The van der Waals surface area contributed by atoms with Gasteiger partial charge in [-0.3, -0.25) is 14.4 Å². The molecule has 1 heterocycles. The second kappa shape index (κ2) is 16.0. The Hall–Kier alpha value is -3.26. The Morgan fingerprint density at radius 1 is 0.977 bits per heavy atom. The number of fused-ring (bicyclic) bond motifs is 1.